The summed E-state index contributed by atoms with van der Waals surface area (Å²) >= 11 is 0. The first-order valence-electron chi connectivity index (χ1n) is 7.92. The average molecular weight is 285 g/mol. The van der Waals surface area contributed by atoms with Crippen molar-refractivity contribution in [3.05, 3.63) is 35.5 Å². The second-order valence-corrected chi connectivity index (χ2v) is 5.32. The van der Waals surface area contributed by atoms with Crippen molar-refractivity contribution in [2.75, 3.05) is 18.5 Å². The van der Waals surface area contributed by atoms with Crippen LogP contribution in [0, 0.1) is 0 Å². The third-order valence-corrected chi connectivity index (χ3v) is 3.94. The highest BCUT2D eigenvalue weighted by Gasteiger charge is 2.21. The van der Waals surface area contributed by atoms with E-state index in [1.807, 2.05) is 29.8 Å². The predicted molar refractivity (Wildman–Crippen MR) is 85.5 cm³/mol. The number of nitrogens with one attached hydrogen (secondary N) is 1. The summed E-state index contributed by atoms with van der Waals surface area (Å²) in [6, 6.07) is 8.12. The van der Waals surface area contributed by atoms with Gasteiger partial charge in [-0.25, -0.2) is 4.68 Å². The Kier molecular flexibility index (Phi) is 4.13. The highest BCUT2D eigenvalue weighted by molar-refractivity contribution is 5.58. The molecule has 1 aliphatic rings. The zero-order valence-corrected chi connectivity index (χ0v) is 12.9. The summed E-state index contributed by atoms with van der Waals surface area (Å²) in [6.07, 6.45) is 4.52. The minimum Gasteiger partial charge on any atom is -0.492 e. The molecule has 0 fully saturated rings. The predicted octanol–water partition coefficient (Wildman–Crippen LogP) is 3.58. The number of aryl methyl sites for hydroxylation is 1. The Bertz CT molecular complexity index is 618. The minimum absolute atomic E-state index is 0.661. The number of para-hydroxylation sites is 2. The number of hydrogen-bond acceptors (Lipinski definition) is 3. The van der Waals surface area contributed by atoms with Gasteiger partial charge in [0.1, 0.15) is 17.3 Å². The number of fused-ring (bicyclic) bond motifs is 1. The van der Waals surface area contributed by atoms with Gasteiger partial charge in [0.25, 0.3) is 0 Å². The van der Waals surface area contributed by atoms with Crippen molar-refractivity contribution in [1.29, 1.82) is 0 Å². The first-order valence-corrected chi connectivity index (χ1v) is 7.92. The van der Waals surface area contributed by atoms with Gasteiger partial charge >= 0.3 is 0 Å². The molecule has 0 spiro atoms. The average Bonchev–Trinajstić information content (AvgIpc) is 2.69. The largest absolute Gasteiger partial charge is 0.492 e. The number of aromatic nitrogens is 2. The third-order valence-electron chi connectivity index (χ3n) is 3.94. The molecule has 2 aromatic rings. The molecular weight excluding hydrogens is 262 g/mol. The fourth-order valence-electron chi connectivity index (χ4n) is 2.94. The highest BCUT2D eigenvalue weighted by Crippen LogP contribution is 2.31. The summed E-state index contributed by atoms with van der Waals surface area (Å²) in [5, 5.41) is 8.40. The molecule has 0 radical (unpaired) electrons. The molecule has 1 aliphatic heterocycles. The summed E-state index contributed by atoms with van der Waals surface area (Å²) < 4.78 is 7.80. The lowest BCUT2D eigenvalue weighted by Crippen LogP contribution is -2.08. The number of nitrogens with zero attached hydrogens (tertiary/aromatic N) is 2. The lowest BCUT2D eigenvalue weighted by Gasteiger charge is -2.13. The number of anilines is 1. The van der Waals surface area contributed by atoms with Crippen LogP contribution < -0.4 is 10.1 Å². The Balaban J connectivity index is 2.12. The standard InChI is InChI=1S/C17H23N3O/c1-3-14-13-9-7-8-12-18-17(13)20(19-14)15-10-5-6-11-16(15)21-4-2/h5-6,10-11,18H,3-4,7-9,12H2,1-2H3. The number of ether oxygens (including phenoxy) is 1. The molecule has 2 heterocycles. The smallest absolute Gasteiger partial charge is 0.145 e. The summed E-state index contributed by atoms with van der Waals surface area (Å²) in [6.45, 7) is 5.86. The molecule has 0 saturated heterocycles. The van der Waals surface area contributed by atoms with Crippen molar-refractivity contribution < 1.29 is 4.74 Å². The molecule has 0 bridgehead atoms. The topological polar surface area (TPSA) is 39.1 Å². The van der Waals surface area contributed by atoms with Crippen LogP contribution in [0.25, 0.3) is 5.69 Å². The molecule has 112 valence electrons. The molecule has 1 aromatic heterocycles. The van der Waals surface area contributed by atoms with E-state index >= 15 is 0 Å². The zero-order chi connectivity index (χ0) is 14.7. The van der Waals surface area contributed by atoms with Crippen molar-refractivity contribution in [1.82, 2.24) is 9.78 Å². The van der Waals surface area contributed by atoms with Gasteiger partial charge < -0.3 is 10.1 Å². The van der Waals surface area contributed by atoms with Gasteiger partial charge in [0, 0.05) is 12.1 Å². The van der Waals surface area contributed by atoms with E-state index in [0.29, 0.717) is 6.61 Å². The summed E-state index contributed by atoms with van der Waals surface area (Å²) in [5.74, 6) is 2.04. The Hall–Kier alpha value is -1.97. The van der Waals surface area contributed by atoms with Crippen LogP contribution >= 0.6 is 0 Å². The van der Waals surface area contributed by atoms with Gasteiger partial charge in [-0.05, 0) is 44.7 Å². The van der Waals surface area contributed by atoms with Crippen LogP contribution in [0.15, 0.2) is 24.3 Å². The molecule has 4 nitrogen and oxygen atoms in total. The van der Waals surface area contributed by atoms with Crippen LogP contribution in [0.5, 0.6) is 5.75 Å². The van der Waals surface area contributed by atoms with Gasteiger partial charge in [-0.1, -0.05) is 19.1 Å². The van der Waals surface area contributed by atoms with E-state index in [-0.39, 0.29) is 0 Å². The molecule has 0 atom stereocenters. The quantitative estimate of drug-likeness (QED) is 0.933. The third kappa shape index (κ3) is 2.62. The molecule has 0 saturated carbocycles. The summed E-state index contributed by atoms with van der Waals surface area (Å²) in [4.78, 5) is 0. The number of hydrogen-bond donors (Lipinski definition) is 1. The Morgan fingerprint density at radius 1 is 1.24 bits per heavy atom. The van der Waals surface area contributed by atoms with Crippen LogP contribution in [0.4, 0.5) is 5.82 Å². The maximum atomic E-state index is 5.77. The normalized spacial score (nSPS) is 14.2. The van der Waals surface area contributed by atoms with Gasteiger partial charge in [-0.15, -0.1) is 0 Å². The van der Waals surface area contributed by atoms with E-state index in [9.17, 15) is 0 Å². The van der Waals surface area contributed by atoms with Gasteiger partial charge in [0.2, 0.25) is 0 Å². The van der Waals surface area contributed by atoms with Crippen LogP contribution in [0.3, 0.4) is 0 Å². The Morgan fingerprint density at radius 2 is 2.10 bits per heavy atom. The Labute approximate surface area is 126 Å². The molecule has 21 heavy (non-hydrogen) atoms. The molecule has 4 heteroatoms. The maximum absolute atomic E-state index is 5.77. The van der Waals surface area contributed by atoms with E-state index in [0.717, 1.165) is 36.6 Å². The summed E-state index contributed by atoms with van der Waals surface area (Å²) in [5.41, 5.74) is 3.59. The summed E-state index contributed by atoms with van der Waals surface area (Å²) in [7, 11) is 0. The van der Waals surface area contributed by atoms with Crippen LogP contribution in [-0.2, 0) is 12.8 Å². The lowest BCUT2D eigenvalue weighted by atomic mass is 10.1. The van der Waals surface area contributed by atoms with Crippen molar-refractivity contribution in [2.45, 2.75) is 39.5 Å². The van der Waals surface area contributed by atoms with E-state index in [1.165, 1.54) is 24.1 Å². The first kappa shape index (κ1) is 14.0. The molecule has 3 rings (SSSR count). The van der Waals surface area contributed by atoms with Gasteiger partial charge in [0.15, 0.2) is 0 Å². The van der Waals surface area contributed by atoms with Crippen molar-refractivity contribution in [2.24, 2.45) is 0 Å². The molecule has 1 N–H and O–H groups in total. The molecule has 1 aromatic carbocycles. The van der Waals surface area contributed by atoms with Crippen LogP contribution in [-0.4, -0.2) is 22.9 Å². The molecule has 0 unspecified atom stereocenters. The SMILES string of the molecule is CCOc1ccccc1-n1nc(CC)c2c1NCCCC2. The van der Waals surface area contributed by atoms with Crippen LogP contribution in [0.1, 0.15) is 37.9 Å². The number of benzene rings is 1. The fourth-order valence-corrected chi connectivity index (χ4v) is 2.94. The monoisotopic (exact) mass is 285 g/mol. The zero-order valence-electron chi connectivity index (χ0n) is 12.9. The maximum Gasteiger partial charge on any atom is 0.145 e. The first-order chi connectivity index (χ1) is 10.3. The molecule has 0 aliphatic carbocycles. The second-order valence-electron chi connectivity index (χ2n) is 5.32. The van der Waals surface area contributed by atoms with Crippen molar-refractivity contribution in [3.63, 3.8) is 0 Å². The molecule has 0 amide bonds. The van der Waals surface area contributed by atoms with Crippen molar-refractivity contribution >= 4 is 5.82 Å². The fraction of sp³-hybridized carbons (Fsp3) is 0.471. The van der Waals surface area contributed by atoms with Crippen molar-refractivity contribution in [3.8, 4) is 11.4 Å². The second kappa shape index (κ2) is 6.20. The van der Waals surface area contributed by atoms with E-state index in [4.69, 9.17) is 9.84 Å². The van der Waals surface area contributed by atoms with Gasteiger partial charge in [-0.3, -0.25) is 0 Å². The van der Waals surface area contributed by atoms with Crippen LogP contribution in [0.2, 0.25) is 0 Å². The number of rotatable bonds is 4. The van der Waals surface area contributed by atoms with Gasteiger partial charge in [-0.2, -0.15) is 5.10 Å². The lowest BCUT2D eigenvalue weighted by molar-refractivity contribution is 0.338. The van der Waals surface area contributed by atoms with E-state index in [1.54, 1.807) is 0 Å². The minimum atomic E-state index is 0.661. The van der Waals surface area contributed by atoms with E-state index < -0.39 is 0 Å². The Morgan fingerprint density at radius 3 is 2.90 bits per heavy atom. The van der Waals surface area contributed by atoms with E-state index in [2.05, 4.69) is 18.3 Å². The highest BCUT2D eigenvalue weighted by atomic mass is 16.5. The molecular formula is C17H23N3O. The van der Waals surface area contributed by atoms with Gasteiger partial charge in [0.05, 0.1) is 12.3 Å².